The zero-order valence-corrected chi connectivity index (χ0v) is 9.35. The first kappa shape index (κ1) is 12.1. The fraction of sp³-hybridized carbons (Fsp3) is 0.300. The largest absolute Gasteiger partial charge is 0.416 e. The molecule has 0 amide bonds. The molecule has 0 fully saturated rings. The first-order valence-corrected chi connectivity index (χ1v) is 4.88. The minimum Gasteiger partial charge on any atom is -0.309 e. The lowest BCUT2D eigenvalue weighted by Crippen LogP contribution is -2.05. The van der Waals surface area contributed by atoms with E-state index in [1.54, 1.807) is 6.92 Å². The van der Waals surface area contributed by atoms with Gasteiger partial charge in [0, 0.05) is 17.0 Å². The average molecular weight is 278 g/mol. The van der Waals surface area contributed by atoms with Crippen LogP contribution in [0.1, 0.15) is 24.1 Å². The molecule has 0 aliphatic rings. The van der Waals surface area contributed by atoms with Crippen molar-refractivity contribution >= 4 is 15.9 Å². The predicted octanol–water partition coefficient (Wildman–Crippen LogP) is 4.45. The summed E-state index contributed by atoms with van der Waals surface area (Å²) in [4.78, 5) is 3.25. The van der Waals surface area contributed by atoms with Crippen molar-refractivity contribution in [1.29, 1.82) is 0 Å². The fourth-order valence-electron chi connectivity index (χ4n) is 1.11. The van der Waals surface area contributed by atoms with Gasteiger partial charge in [0.2, 0.25) is 6.04 Å². The number of hydrogen-bond acceptors (Lipinski definition) is 0. The average Bonchev–Trinajstić information content (AvgIpc) is 2.15. The molecule has 0 aliphatic heterocycles. The normalized spacial score (nSPS) is 13.3. The highest BCUT2D eigenvalue weighted by atomic mass is 79.9. The third-order valence-electron chi connectivity index (χ3n) is 1.97. The minimum atomic E-state index is -4.34. The van der Waals surface area contributed by atoms with E-state index in [0.29, 0.717) is 10.0 Å². The number of rotatable bonds is 1. The van der Waals surface area contributed by atoms with E-state index in [4.69, 9.17) is 6.57 Å². The molecule has 0 bridgehead atoms. The van der Waals surface area contributed by atoms with E-state index in [-0.39, 0.29) is 0 Å². The van der Waals surface area contributed by atoms with Gasteiger partial charge in [0.1, 0.15) is 0 Å². The number of benzene rings is 1. The van der Waals surface area contributed by atoms with Crippen LogP contribution in [0, 0.1) is 6.57 Å². The van der Waals surface area contributed by atoms with Crippen molar-refractivity contribution in [1.82, 2.24) is 0 Å². The van der Waals surface area contributed by atoms with Crippen LogP contribution in [0.25, 0.3) is 4.85 Å². The van der Waals surface area contributed by atoms with Crippen LogP contribution in [0.5, 0.6) is 0 Å². The Labute approximate surface area is 93.9 Å². The molecule has 0 aromatic heterocycles. The maximum Gasteiger partial charge on any atom is 0.416 e. The van der Waals surface area contributed by atoms with Gasteiger partial charge >= 0.3 is 6.18 Å². The second-order valence-electron chi connectivity index (χ2n) is 3.04. The van der Waals surface area contributed by atoms with Gasteiger partial charge in [-0.25, -0.2) is 6.57 Å². The molecule has 0 aliphatic carbocycles. The summed E-state index contributed by atoms with van der Waals surface area (Å²) in [6, 6.07) is 2.87. The van der Waals surface area contributed by atoms with Crippen LogP contribution in [-0.4, -0.2) is 0 Å². The molecule has 15 heavy (non-hydrogen) atoms. The van der Waals surface area contributed by atoms with Gasteiger partial charge in [0.15, 0.2) is 0 Å². The quantitative estimate of drug-likeness (QED) is 0.668. The Hall–Kier alpha value is -1.02. The molecule has 0 spiro atoms. The molecule has 0 N–H and O–H groups in total. The van der Waals surface area contributed by atoms with Gasteiger partial charge in [0.25, 0.3) is 0 Å². The SMILES string of the molecule is [C-]#[N+]C(C)c1ccc(C(F)(F)F)cc1Br. The van der Waals surface area contributed by atoms with Crippen LogP contribution >= 0.6 is 15.9 Å². The van der Waals surface area contributed by atoms with Crippen molar-refractivity contribution in [3.63, 3.8) is 0 Å². The van der Waals surface area contributed by atoms with Crippen molar-refractivity contribution in [2.75, 3.05) is 0 Å². The summed E-state index contributed by atoms with van der Waals surface area (Å²) < 4.78 is 37.2. The van der Waals surface area contributed by atoms with E-state index in [1.807, 2.05) is 0 Å². The zero-order chi connectivity index (χ0) is 11.6. The minimum absolute atomic E-state index is 0.320. The smallest absolute Gasteiger partial charge is 0.309 e. The molecule has 0 heterocycles. The first-order chi connectivity index (χ1) is 6.86. The van der Waals surface area contributed by atoms with Crippen LogP contribution in [0.15, 0.2) is 22.7 Å². The Balaban J connectivity index is 3.16. The second-order valence-corrected chi connectivity index (χ2v) is 3.89. The Bertz CT molecular complexity index is 406. The van der Waals surface area contributed by atoms with Crippen molar-refractivity contribution in [2.45, 2.75) is 19.1 Å². The molecule has 1 atom stereocenters. The highest BCUT2D eigenvalue weighted by Crippen LogP contribution is 2.34. The highest BCUT2D eigenvalue weighted by molar-refractivity contribution is 9.10. The molecule has 1 rings (SSSR count). The standard InChI is InChI=1S/C10H7BrF3N/c1-6(15-2)8-4-3-7(5-9(8)11)10(12,13)14/h3-6H,1H3. The summed E-state index contributed by atoms with van der Waals surface area (Å²) in [5.74, 6) is 0. The van der Waals surface area contributed by atoms with E-state index in [9.17, 15) is 13.2 Å². The van der Waals surface area contributed by atoms with Crippen LogP contribution < -0.4 is 0 Å². The number of hydrogen-bond donors (Lipinski definition) is 0. The summed E-state index contributed by atoms with van der Waals surface area (Å²) in [6.07, 6.45) is -4.34. The molecule has 1 aromatic rings. The van der Waals surface area contributed by atoms with Crippen LogP contribution in [0.3, 0.4) is 0 Å². The van der Waals surface area contributed by atoms with E-state index >= 15 is 0 Å². The van der Waals surface area contributed by atoms with Crippen molar-refractivity contribution < 1.29 is 13.2 Å². The van der Waals surface area contributed by atoms with Gasteiger partial charge in [-0.3, -0.25) is 0 Å². The van der Waals surface area contributed by atoms with Gasteiger partial charge < -0.3 is 4.85 Å². The Morgan fingerprint density at radius 1 is 1.40 bits per heavy atom. The summed E-state index contributed by atoms with van der Waals surface area (Å²) in [5, 5.41) is 0. The summed E-state index contributed by atoms with van der Waals surface area (Å²) in [5.41, 5.74) is -0.145. The van der Waals surface area contributed by atoms with Crippen LogP contribution in [0.2, 0.25) is 0 Å². The second kappa shape index (κ2) is 4.23. The summed E-state index contributed by atoms with van der Waals surface area (Å²) >= 11 is 3.04. The molecule has 0 saturated heterocycles. The number of nitrogens with zero attached hydrogens (tertiary/aromatic N) is 1. The van der Waals surface area contributed by atoms with Crippen molar-refractivity contribution in [3.05, 3.63) is 45.2 Å². The molecule has 0 saturated carbocycles. The fourth-order valence-corrected chi connectivity index (χ4v) is 1.82. The lowest BCUT2D eigenvalue weighted by atomic mass is 10.1. The molecule has 1 nitrogen and oxygen atoms in total. The lowest BCUT2D eigenvalue weighted by molar-refractivity contribution is -0.137. The lowest BCUT2D eigenvalue weighted by Gasteiger charge is -2.09. The van der Waals surface area contributed by atoms with Crippen molar-refractivity contribution in [3.8, 4) is 0 Å². The molecule has 1 aromatic carbocycles. The maximum absolute atomic E-state index is 12.3. The Kier molecular flexibility index (Phi) is 3.40. The van der Waals surface area contributed by atoms with E-state index in [2.05, 4.69) is 20.8 Å². The summed E-state index contributed by atoms with van der Waals surface area (Å²) in [7, 11) is 0. The van der Waals surface area contributed by atoms with Crippen LogP contribution in [-0.2, 0) is 6.18 Å². The Morgan fingerprint density at radius 2 is 2.00 bits per heavy atom. The molecule has 1 unspecified atom stereocenters. The van der Waals surface area contributed by atoms with Gasteiger partial charge in [-0.1, -0.05) is 15.9 Å². The number of halogens is 4. The van der Waals surface area contributed by atoms with Gasteiger partial charge in [-0.2, -0.15) is 13.2 Å². The topological polar surface area (TPSA) is 4.36 Å². The molecule has 80 valence electrons. The highest BCUT2D eigenvalue weighted by Gasteiger charge is 2.31. The maximum atomic E-state index is 12.3. The van der Waals surface area contributed by atoms with Gasteiger partial charge in [0.05, 0.1) is 5.56 Å². The third kappa shape index (κ3) is 2.72. The van der Waals surface area contributed by atoms with E-state index in [1.165, 1.54) is 6.07 Å². The molecular formula is C10H7BrF3N. The first-order valence-electron chi connectivity index (χ1n) is 4.09. The van der Waals surface area contributed by atoms with Crippen LogP contribution in [0.4, 0.5) is 13.2 Å². The Morgan fingerprint density at radius 3 is 2.40 bits per heavy atom. The predicted molar refractivity (Wildman–Crippen MR) is 54.2 cm³/mol. The zero-order valence-electron chi connectivity index (χ0n) is 7.77. The summed E-state index contributed by atoms with van der Waals surface area (Å²) in [6.45, 7) is 8.44. The third-order valence-corrected chi connectivity index (χ3v) is 2.66. The molecular weight excluding hydrogens is 271 g/mol. The van der Waals surface area contributed by atoms with E-state index in [0.717, 1.165) is 12.1 Å². The van der Waals surface area contributed by atoms with Gasteiger partial charge in [-0.15, -0.1) is 0 Å². The van der Waals surface area contributed by atoms with Gasteiger partial charge in [-0.05, 0) is 18.2 Å². The molecule has 5 heteroatoms. The van der Waals surface area contributed by atoms with E-state index < -0.39 is 17.8 Å². The monoisotopic (exact) mass is 277 g/mol. The molecule has 0 radical (unpaired) electrons. The number of alkyl halides is 3. The van der Waals surface area contributed by atoms with Crippen molar-refractivity contribution in [2.24, 2.45) is 0 Å².